The molecule has 64 valence electrons. The summed E-state index contributed by atoms with van der Waals surface area (Å²) >= 11 is 8.55. The van der Waals surface area contributed by atoms with Gasteiger partial charge in [-0.25, -0.2) is 0 Å². The van der Waals surface area contributed by atoms with E-state index >= 15 is 0 Å². The van der Waals surface area contributed by atoms with Crippen molar-refractivity contribution in [2.45, 2.75) is 0 Å². The summed E-state index contributed by atoms with van der Waals surface area (Å²) in [5.74, 6) is -0.437. The molecule has 1 aromatic rings. The zero-order valence-corrected chi connectivity index (χ0v) is 7.96. The summed E-state index contributed by atoms with van der Waals surface area (Å²) in [4.78, 5) is 9.60. The van der Waals surface area contributed by atoms with Crippen molar-refractivity contribution in [3.05, 3.63) is 31.7 Å². The Balaban J connectivity index is 3.43. The lowest BCUT2D eigenvalue weighted by molar-refractivity contribution is -0.385. The molecule has 0 heterocycles. The van der Waals surface area contributed by atoms with Crippen LogP contribution in [0.4, 0.5) is 5.69 Å². The molecule has 0 aliphatic carbocycles. The molecular formula is C6H3BrClNO3. The fraction of sp³-hybridized carbons (Fsp3) is 0. The molecule has 12 heavy (non-hydrogen) atoms. The topological polar surface area (TPSA) is 63.4 Å². The van der Waals surface area contributed by atoms with Gasteiger partial charge in [0, 0.05) is 4.47 Å². The second-order valence-electron chi connectivity index (χ2n) is 1.99. The average molecular weight is 252 g/mol. The standard InChI is InChI=1S/C6H3BrClNO3/c7-3-1-2-4(10)6(5(3)8)9(11)12/h1-2,10H. The number of hydrogen-bond acceptors (Lipinski definition) is 3. The van der Waals surface area contributed by atoms with Gasteiger partial charge in [0.05, 0.1) is 4.92 Å². The zero-order valence-electron chi connectivity index (χ0n) is 5.62. The Labute approximate surface area is 81.0 Å². The van der Waals surface area contributed by atoms with E-state index in [0.29, 0.717) is 4.47 Å². The van der Waals surface area contributed by atoms with Crippen molar-refractivity contribution in [1.29, 1.82) is 0 Å². The minimum absolute atomic E-state index is 0.0972. The number of rotatable bonds is 1. The second-order valence-corrected chi connectivity index (χ2v) is 3.22. The van der Waals surface area contributed by atoms with Crippen molar-refractivity contribution in [2.24, 2.45) is 0 Å². The normalized spacial score (nSPS) is 9.83. The third-order valence-electron chi connectivity index (χ3n) is 1.23. The van der Waals surface area contributed by atoms with E-state index in [1.807, 2.05) is 0 Å². The van der Waals surface area contributed by atoms with E-state index in [1.165, 1.54) is 12.1 Å². The number of halogens is 2. The van der Waals surface area contributed by atoms with Crippen LogP contribution in [0.2, 0.25) is 5.02 Å². The summed E-state index contributed by atoms with van der Waals surface area (Å²) in [5.41, 5.74) is -0.481. The second kappa shape index (κ2) is 3.28. The van der Waals surface area contributed by atoms with Gasteiger partial charge in [0.25, 0.3) is 0 Å². The highest BCUT2D eigenvalue weighted by Crippen LogP contribution is 2.38. The Kier molecular flexibility index (Phi) is 2.54. The number of phenols is 1. The van der Waals surface area contributed by atoms with Crippen LogP contribution in [0.1, 0.15) is 0 Å². The summed E-state index contributed by atoms with van der Waals surface area (Å²) in [5, 5.41) is 19.3. The van der Waals surface area contributed by atoms with Crippen molar-refractivity contribution < 1.29 is 10.0 Å². The van der Waals surface area contributed by atoms with E-state index in [2.05, 4.69) is 15.9 Å². The predicted molar refractivity (Wildman–Crippen MR) is 47.5 cm³/mol. The molecule has 0 atom stereocenters. The van der Waals surface area contributed by atoms with Crippen molar-refractivity contribution in [2.75, 3.05) is 0 Å². The van der Waals surface area contributed by atoms with E-state index < -0.39 is 16.4 Å². The van der Waals surface area contributed by atoms with Gasteiger partial charge in [0.15, 0.2) is 5.75 Å². The number of aromatic hydroxyl groups is 1. The lowest BCUT2D eigenvalue weighted by Gasteiger charge is -1.99. The third kappa shape index (κ3) is 1.51. The molecule has 0 unspecified atom stereocenters. The minimum atomic E-state index is -0.734. The lowest BCUT2D eigenvalue weighted by atomic mass is 10.3. The third-order valence-corrected chi connectivity index (χ3v) is 2.50. The first kappa shape index (κ1) is 9.28. The molecule has 1 aromatic carbocycles. The van der Waals surface area contributed by atoms with E-state index in [9.17, 15) is 10.1 Å². The molecule has 0 fully saturated rings. The first-order valence-electron chi connectivity index (χ1n) is 2.85. The van der Waals surface area contributed by atoms with Crippen molar-refractivity contribution in [3.63, 3.8) is 0 Å². The Hall–Kier alpha value is -0.810. The molecule has 0 amide bonds. The molecule has 0 aliphatic heterocycles. The van der Waals surface area contributed by atoms with Crippen LogP contribution in [-0.4, -0.2) is 10.0 Å². The van der Waals surface area contributed by atoms with Gasteiger partial charge in [-0.05, 0) is 28.1 Å². The number of phenolic OH excluding ortho intramolecular Hbond substituents is 1. The van der Waals surface area contributed by atoms with Gasteiger partial charge in [0.2, 0.25) is 0 Å². The summed E-state index contributed by atoms with van der Waals surface area (Å²) < 4.78 is 0.383. The maximum atomic E-state index is 10.3. The molecule has 0 spiro atoms. The molecule has 6 heteroatoms. The van der Waals surface area contributed by atoms with Crippen LogP contribution in [0.5, 0.6) is 5.75 Å². The molecule has 0 saturated heterocycles. The van der Waals surface area contributed by atoms with Gasteiger partial charge in [-0.1, -0.05) is 11.6 Å². The Morgan fingerprint density at radius 3 is 2.58 bits per heavy atom. The number of nitro groups is 1. The highest BCUT2D eigenvalue weighted by molar-refractivity contribution is 9.10. The van der Waals surface area contributed by atoms with E-state index in [1.54, 1.807) is 0 Å². The summed E-state index contributed by atoms with van der Waals surface area (Å²) in [7, 11) is 0. The maximum absolute atomic E-state index is 10.3. The van der Waals surface area contributed by atoms with Crippen LogP contribution in [0, 0.1) is 10.1 Å². The molecule has 0 aromatic heterocycles. The first-order valence-corrected chi connectivity index (χ1v) is 4.02. The molecule has 1 N–H and O–H groups in total. The molecular weight excluding hydrogens is 249 g/mol. The van der Waals surface area contributed by atoms with Crippen molar-refractivity contribution in [3.8, 4) is 5.75 Å². The quantitative estimate of drug-likeness (QED) is 0.617. The minimum Gasteiger partial charge on any atom is -0.502 e. The SMILES string of the molecule is O=[N+]([O-])c1c(O)ccc(Br)c1Cl. The average Bonchev–Trinajstić information content (AvgIpc) is 1.97. The summed E-state index contributed by atoms with van der Waals surface area (Å²) in [6, 6.07) is 2.64. The molecule has 0 bridgehead atoms. The van der Waals surface area contributed by atoms with E-state index in [0.717, 1.165) is 0 Å². The van der Waals surface area contributed by atoms with Crippen LogP contribution in [-0.2, 0) is 0 Å². The van der Waals surface area contributed by atoms with Crippen LogP contribution in [0.25, 0.3) is 0 Å². The van der Waals surface area contributed by atoms with Gasteiger partial charge in [-0.2, -0.15) is 0 Å². The molecule has 1 rings (SSSR count). The lowest BCUT2D eigenvalue weighted by Crippen LogP contribution is -1.90. The first-order chi connectivity index (χ1) is 5.54. The summed E-state index contributed by atoms with van der Waals surface area (Å²) in [6.07, 6.45) is 0. The van der Waals surface area contributed by atoms with Crippen LogP contribution in [0.15, 0.2) is 16.6 Å². The van der Waals surface area contributed by atoms with Gasteiger partial charge < -0.3 is 5.11 Å². The van der Waals surface area contributed by atoms with Gasteiger partial charge in [-0.15, -0.1) is 0 Å². The number of benzene rings is 1. The number of hydrogen-bond donors (Lipinski definition) is 1. The van der Waals surface area contributed by atoms with Gasteiger partial charge >= 0.3 is 5.69 Å². The van der Waals surface area contributed by atoms with Crippen molar-refractivity contribution >= 4 is 33.2 Å². The number of nitro benzene ring substituents is 1. The molecule has 4 nitrogen and oxygen atoms in total. The largest absolute Gasteiger partial charge is 0.502 e. The highest BCUT2D eigenvalue weighted by Gasteiger charge is 2.20. The molecule has 0 aliphatic rings. The van der Waals surface area contributed by atoms with E-state index in [4.69, 9.17) is 16.7 Å². The zero-order chi connectivity index (χ0) is 9.30. The fourth-order valence-electron chi connectivity index (χ4n) is 0.703. The van der Waals surface area contributed by atoms with Gasteiger partial charge in [-0.3, -0.25) is 10.1 Å². The smallest absolute Gasteiger partial charge is 0.330 e. The van der Waals surface area contributed by atoms with Crippen LogP contribution < -0.4 is 0 Å². The molecule has 0 saturated carbocycles. The Morgan fingerprint density at radius 1 is 1.58 bits per heavy atom. The monoisotopic (exact) mass is 251 g/mol. The fourth-order valence-corrected chi connectivity index (χ4v) is 1.25. The van der Waals surface area contributed by atoms with Crippen LogP contribution >= 0.6 is 27.5 Å². The highest BCUT2D eigenvalue weighted by atomic mass is 79.9. The van der Waals surface area contributed by atoms with Crippen molar-refractivity contribution in [1.82, 2.24) is 0 Å². The predicted octanol–water partition coefficient (Wildman–Crippen LogP) is 2.72. The Morgan fingerprint density at radius 2 is 2.17 bits per heavy atom. The molecule has 0 radical (unpaired) electrons. The maximum Gasteiger partial charge on any atom is 0.330 e. The number of nitrogens with zero attached hydrogens (tertiary/aromatic N) is 1. The van der Waals surface area contributed by atoms with E-state index in [-0.39, 0.29) is 5.02 Å². The summed E-state index contributed by atoms with van der Waals surface area (Å²) in [6.45, 7) is 0. The Bertz CT molecular complexity index is 342. The van der Waals surface area contributed by atoms with Crippen LogP contribution in [0.3, 0.4) is 0 Å². The van der Waals surface area contributed by atoms with Gasteiger partial charge in [0.1, 0.15) is 5.02 Å².